The molecule has 0 atom stereocenters. The summed E-state index contributed by atoms with van der Waals surface area (Å²) in [5.41, 5.74) is 3.36. The predicted molar refractivity (Wildman–Crippen MR) is 125 cm³/mol. The smallest absolute Gasteiger partial charge is 0.252 e. The Balaban J connectivity index is 1.48. The molecule has 1 N–H and O–H groups in total. The van der Waals surface area contributed by atoms with E-state index in [1.54, 1.807) is 7.11 Å². The van der Waals surface area contributed by atoms with E-state index in [4.69, 9.17) is 9.26 Å². The standard InChI is InChI=1S/C24H24N4O3S/c1-24(2,3)17-10-8-15(9-11-17)22-27-21(31-28-22)14-32-23-25-19(13-20(29)26-23)16-6-5-7-18(12-16)30-4/h5-13H,14H2,1-4H3,(H,25,26,29). The van der Waals surface area contributed by atoms with Gasteiger partial charge in [0.2, 0.25) is 11.7 Å². The summed E-state index contributed by atoms with van der Waals surface area (Å²) in [5.74, 6) is 2.08. The zero-order chi connectivity index (χ0) is 22.7. The molecule has 0 spiro atoms. The first-order chi connectivity index (χ1) is 15.3. The van der Waals surface area contributed by atoms with Crippen LogP contribution in [0.25, 0.3) is 22.6 Å². The fourth-order valence-electron chi connectivity index (χ4n) is 3.11. The zero-order valence-electron chi connectivity index (χ0n) is 18.4. The van der Waals surface area contributed by atoms with Crippen LogP contribution in [-0.4, -0.2) is 27.2 Å². The van der Waals surface area contributed by atoms with E-state index in [0.717, 1.165) is 11.1 Å². The van der Waals surface area contributed by atoms with E-state index in [9.17, 15) is 4.79 Å². The molecular weight excluding hydrogens is 424 g/mol. The molecule has 2 heterocycles. The Bertz CT molecular complexity index is 1270. The van der Waals surface area contributed by atoms with Crippen molar-refractivity contribution < 1.29 is 9.26 Å². The van der Waals surface area contributed by atoms with Gasteiger partial charge in [-0.2, -0.15) is 4.98 Å². The van der Waals surface area contributed by atoms with Crippen molar-refractivity contribution in [3.8, 4) is 28.4 Å². The second kappa shape index (κ2) is 9.00. The summed E-state index contributed by atoms with van der Waals surface area (Å²) in [6, 6.07) is 17.0. The summed E-state index contributed by atoms with van der Waals surface area (Å²) >= 11 is 1.33. The van der Waals surface area contributed by atoms with Gasteiger partial charge in [-0.15, -0.1) is 0 Å². The molecule has 0 aliphatic rings. The van der Waals surface area contributed by atoms with Gasteiger partial charge >= 0.3 is 0 Å². The lowest BCUT2D eigenvalue weighted by molar-refractivity contribution is 0.391. The van der Waals surface area contributed by atoms with Gasteiger partial charge in [-0.05, 0) is 23.1 Å². The van der Waals surface area contributed by atoms with Crippen LogP contribution in [0.2, 0.25) is 0 Å². The number of rotatable bonds is 6. The number of nitrogens with zero attached hydrogens (tertiary/aromatic N) is 3. The van der Waals surface area contributed by atoms with E-state index in [1.807, 2.05) is 36.4 Å². The lowest BCUT2D eigenvalue weighted by Gasteiger charge is -2.18. The first kappa shape index (κ1) is 21.8. The number of nitrogens with one attached hydrogen (secondary N) is 1. The SMILES string of the molecule is COc1cccc(-c2cc(=O)[nH]c(SCc3nc(-c4ccc(C(C)(C)C)cc4)no3)n2)c1. The van der Waals surface area contributed by atoms with Crippen molar-refractivity contribution in [1.82, 2.24) is 20.1 Å². The number of benzene rings is 2. The van der Waals surface area contributed by atoms with Crippen molar-refractivity contribution in [2.24, 2.45) is 0 Å². The van der Waals surface area contributed by atoms with Gasteiger partial charge in [0.1, 0.15) is 5.75 Å². The van der Waals surface area contributed by atoms with Crippen LogP contribution in [0.15, 0.2) is 69.1 Å². The van der Waals surface area contributed by atoms with Crippen LogP contribution in [0.4, 0.5) is 0 Å². The number of aromatic amines is 1. The number of ether oxygens (including phenoxy) is 1. The van der Waals surface area contributed by atoms with Crippen LogP contribution in [0.3, 0.4) is 0 Å². The molecule has 4 aromatic rings. The van der Waals surface area contributed by atoms with Crippen LogP contribution in [0.5, 0.6) is 5.75 Å². The maximum Gasteiger partial charge on any atom is 0.252 e. The molecule has 0 radical (unpaired) electrons. The molecule has 32 heavy (non-hydrogen) atoms. The van der Waals surface area contributed by atoms with Crippen LogP contribution >= 0.6 is 11.8 Å². The zero-order valence-corrected chi connectivity index (χ0v) is 19.2. The maximum absolute atomic E-state index is 12.1. The van der Waals surface area contributed by atoms with Crippen LogP contribution in [0.1, 0.15) is 32.2 Å². The number of hydrogen-bond acceptors (Lipinski definition) is 7. The molecule has 0 aliphatic heterocycles. The van der Waals surface area contributed by atoms with Gasteiger partial charge in [0.15, 0.2) is 5.16 Å². The monoisotopic (exact) mass is 448 g/mol. The van der Waals surface area contributed by atoms with Crippen molar-refractivity contribution in [3.63, 3.8) is 0 Å². The van der Waals surface area contributed by atoms with Gasteiger partial charge in [0.05, 0.1) is 18.6 Å². The normalized spacial score (nSPS) is 11.5. The second-order valence-electron chi connectivity index (χ2n) is 8.30. The number of H-pyrrole nitrogens is 1. The Morgan fingerprint density at radius 2 is 1.81 bits per heavy atom. The van der Waals surface area contributed by atoms with E-state index in [-0.39, 0.29) is 11.0 Å². The molecular formula is C24H24N4O3S. The fraction of sp³-hybridized carbons (Fsp3) is 0.250. The highest BCUT2D eigenvalue weighted by atomic mass is 32.2. The highest BCUT2D eigenvalue weighted by Gasteiger charge is 2.15. The molecule has 0 saturated carbocycles. The molecule has 2 aromatic heterocycles. The summed E-state index contributed by atoms with van der Waals surface area (Å²) in [4.78, 5) is 23.9. The van der Waals surface area contributed by atoms with E-state index >= 15 is 0 Å². The topological polar surface area (TPSA) is 93.9 Å². The van der Waals surface area contributed by atoms with E-state index in [2.05, 4.69) is 53.0 Å². The molecule has 7 nitrogen and oxygen atoms in total. The Morgan fingerprint density at radius 3 is 2.53 bits per heavy atom. The summed E-state index contributed by atoms with van der Waals surface area (Å²) in [6.07, 6.45) is 0. The van der Waals surface area contributed by atoms with Gasteiger partial charge in [-0.25, -0.2) is 4.98 Å². The molecule has 0 aliphatic carbocycles. The van der Waals surface area contributed by atoms with Crippen LogP contribution in [0, 0.1) is 0 Å². The number of methoxy groups -OCH3 is 1. The van der Waals surface area contributed by atoms with E-state index in [0.29, 0.717) is 34.1 Å². The van der Waals surface area contributed by atoms with Crippen LogP contribution in [-0.2, 0) is 11.2 Å². The van der Waals surface area contributed by atoms with Crippen LogP contribution < -0.4 is 10.3 Å². The third-order valence-corrected chi connectivity index (χ3v) is 5.75. The second-order valence-corrected chi connectivity index (χ2v) is 9.26. The number of hydrogen-bond donors (Lipinski definition) is 1. The van der Waals surface area contributed by atoms with Gasteiger partial charge in [0, 0.05) is 17.2 Å². The Kier molecular flexibility index (Phi) is 6.14. The number of aromatic nitrogens is 4. The minimum atomic E-state index is -0.231. The molecule has 164 valence electrons. The van der Waals surface area contributed by atoms with Gasteiger partial charge in [0.25, 0.3) is 5.56 Å². The average Bonchev–Trinajstić information content (AvgIpc) is 3.26. The predicted octanol–water partition coefficient (Wildman–Crippen LogP) is 5.09. The molecule has 0 bridgehead atoms. The Morgan fingerprint density at radius 1 is 1.03 bits per heavy atom. The number of thioether (sulfide) groups is 1. The molecule has 2 aromatic carbocycles. The van der Waals surface area contributed by atoms with E-state index < -0.39 is 0 Å². The molecule has 0 unspecified atom stereocenters. The van der Waals surface area contributed by atoms with Crippen molar-refractivity contribution >= 4 is 11.8 Å². The van der Waals surface area contributed by atoms with Crippen molar-refractivity contribution in [2.75, 3.05) is 7.11 Å². The largest absolute Gasteiger partial charge is 0.497 e. The molecule has 0 amide bonds. The highest BCUT2D eigenvalue weighted by Crippen LogP contribution is 2.27. The summed E-state index contributed by atoms with van der Waals surface area (Å²) in [6.45, 7) is 6.52. The molecule has 0 fully saturated rings. The van der Waals surface area contributed by atoms with Gasteiger partial charge < -0.3 is 14.2 Å². The molecule has 0 saturated heterocycles. The summed E-state index contributed by atoms with van der Waals surface area (Å²) < 4.78 is 10.7. The minimum absolute atomic E-state index is 0.0842. The summed E-state index contributed by atoms with van der Waals surface area (Å²) in [7, 11) is 1.60. The van der Waals surface area contributed by atoms with Crippen molar-refractivity contribution in [2.45, 2.75) is 37.1 Å². The van der Waals surface area contributed by atoms with Crippen molar-refractivity contribution in [1.29, 1.82) is 0 Å². The van der Waals surface area contributed by atoms with Gasteiger partial charge in [-0.3, -0.25) is 4.79 Å². The quantitative estimate of drug-likeness (QED) is 0.324. The minimum Gasteiger partial charge on any atom is -0.497 e. The average molecular weight is 449 g/mol. The first-order valence-corrected chi connectivity index (χ1v) is 11.1. The Labute approximate surface area is 190 Å². The molecule has 4 rings (SSSR count). The fourth-order valence-corrected chi connectivity index (χ4v) is 3.83. The Hall–Kier alpha value is -3.39. The summed E-state index contributed by atoms with van der Waals surface area (Å²) in [5, 5.41) is 4.56. The third kappa shape index (κ3) is 5.08. The molecule has 8 heteroatoms. The lowest BCUT2D eigenvalue weighted by atomic mass is 9.87. The van der Waals surface area contributed by atoms with Crippen molar-refractivity contribution in [3.05, 3.63) is 76.4 Å². The lowest BCUT2D eigenvalue weighted by Crippen LogP contribution is -2.10. The maximum atomic E-state index is 12.1. The van der Waals surface area contributed by atoms with Gasteiger partial charge in [-0.1, -0.05) is 74.1 Å². The van der Waals surface area contributed by atoms with E-state index in [1.165, 1.54) is 23.4 Å². The first-order valence-electron chi connectivity index (χ1n) is 10.1. The third-order valence-electron chi connectivity index (χ3n) is 4.90. The highest BCUT2D eigenvalue weighted by molar-refractivity contribution is 7.98.